The molecule has 1 atom stereocenters. The van der Waals surface area contributed by atoms with Crippen molar-refractivity contribution < 1.29 is 27.8 Å². The maximum absolute atomic E-state index is 12.1. The number of carboxylic acid groups (broad SMARTS) is 1. The maximum atomic E-state index is 12.1. The summed E-state index contributed by atoms with van der Waals surface area (Å²) in [7, 11) is 0. The Balaban J connectivity index is 2.09. The highest BCUT2D eigenvalue weighted by Gasteiger charge is 2.32. The highest BCUT2D eigenvalue weighted by atomic mass is 19.4. The average molecular weight is 275 g/mol. The van der Waals surface area contributed by atoms with Gasteiger partial charge in [0.05, 0.1) is 5.92 Å². The molecule has 104 valence electrons. The second-order valence-corrected chi connectivity index (χ2v) is 4.32. The smallest absolute Gasteiger partial charge is 0.481 e. The summed E-state index contributed by atoms with van der Waals surface area (Å²) in [6.45, 7) is 0.803. The molecule has 1 heterocycles. The van der Waals surface area contributed by atoms with Gasteiger partial charge in [-0.1, -0.05) is 6.07 Å². The number of benzene rings is 1. The zero-order valence-corrected chi connectivity index (χ0v) is 9.85. The third kappa shape index (κ3) is 3.52. The molecule has 0 aromatic heterocycles. The number of hydrogen-bond donors (Lipinski definition) is 1. The molecule has 0 saturated carbocycles. The number of halogens is 3. The molecule has 1 saturated heterocycles. The number of nitrogens with zero attached hydrogens (tertiary/aromatic N) is 1. The minimum Gasteiger partial charge on any atom is -0.481 e. The fraction of sp³-hybridized carbons (Fsp3) is 0.417. The monoisotopic (exact) mass is 275 g/mol. The number of carbonyl (C=O) groups is 1. The van der Waals surface area contributed by atoms with E-state index in [9.17, 15) is 18.0 Å². The van der Waals surface area contributed by atoms with Gasteiger partial charge in [-0.3, -0.25) is 4.79 Å². The number of carboxylic acids is 1. The molecular weight excluding hydrogens is 263 g/mol. The predicted molar refractivity (Wildman–Crippen MR) is 61.1 cm³/mol. The lowest BCUT2D eigenvalue weighted by atomic mass is 10.1. The van der Waals surface area contributed by atoms with Crippen molar-refractivity contribution in [2.24, 2.45) is 5.92 Å². The molecule has 1 aromatic carbocycles. The molecule has 0 amide bonds. The van der Waals surface area contributed by atoms with Crippen LogP contribution in [-0.2, 0) is 4.79 Å². The van der Waals surface area contributed by atoms with E-state index in [0.29, 0.717) is 25.2 Å². The van der Waals surface area contributed by atoms with Gasteiger partial charge in [0, 0.05) is 24.8 Å². The van der Waals surface area contributed by atoms with E-state index in [2.05, 4.69) is 4.74 Å². The van der Waals surface area contributed by atoms with Gasteiger partial charge < -0.3 is 14.7 Å². The minimum absolute atomic E-state index is 0.296. The van der Waals surface area contributed by atoms with E-state index in [-0.39, 0.29) is 5.75 Å². The highest BCUT2D eigenvalue weighted by Crippen LogP contribution is 2.29. The van der Waals surface area contributed by atoms with Crippen LogP contribution in [0.25, 0.3) is 0 Å². The van der Waals surface area contributed by atoms with E-state index in [1.54, 1.807) is 11.0 Å². The van der Waals surface area contributed by atoms with Crippen LogP contribution in [-0.4, -0.2) is 30.5 Å². The quantitative estimate of drug-likeness (QED) is 0.920. The van der Waals surface area contributed by atoms with Crippen LogP contribution in [0.3, 0.4) is 0 Å². The van der Waals surface area contributed by atoms with Gasteiger partial charge in [-0.05, 0) is 18.6 Å². The van der Waals surface area contributed by atoms with Gasteiger partial charge in [-0.15, -0.1) is 13.2 Å². The molecule has 0 spiro atoms. The molecular formula is C12H12F3NO3. The number of rotatable bonds is 3. The normalized spacial score (nSPS) is 19.5. The Morgan fingerprint density at radius 1 is 1.42 bits per heavy atom. The Bertz CT molecular complexity index is 476. The Morgan fingerprint density at radius 2 is 2.16 bits per heavy atom. The van der Waals surface area contributed by atoms with Crippen LogP contribution >= 0.6 is 0 Å². The lowest BCUT2D eigenvalue weighted by Crippen LogP contribution is -2.23. The molecule has 4 nitrogen and oxygen atoms in total. The van der Waals surface area contributed by atoms with Crippen LogP contribution < -0.4 is 9.64 Å². The summed E-state index contributed by atoms with van der Waals surface area (Å²) in [5, 5.41) is 8.89. The van der Waals surface area contributed by atoms with Gasteiger partial charge in [0.25, 0.3) is 0 Å². The maximum Gasteiger partial charge on any atom is 0.573 e. The van der Waals surface area contributed by atoms with Gasteiger partial charge in [-0.25, -0.2) is 0 Å². The van der Waals surface area contributed by atoms with Gasteiger partial charge in [0.2, 0.25) is 0 Å². The van der Waals surface area contributed by atoms with E-state index >= 15 is 0 Å². The van der Waals surface area contributed by atoms with E-state index in [0.717, 1.165) is 0 Å². The van der Waals surface area contributed by atoms with E-state index in [1.165, 1.54) is 18.2 Å². The molecule has 0 radical (unpaired) electrons. The molecule has 2 rings (SSSR count). The molecule has 1 aliphatic heterocycles. The van der Waals surface area contributed by atoms with Crippen molar-refractivity contribution in [1.82, 2.24) is 0 Å². The third-order valence-corrected chi connectivity index (χ3v) is 2.95. The van der Waals surface area contributed by atoms with Crippen LogP contribution in [0.5, 0.6) is 5.75 Å². The minimum atomic E-state index is -4.73. The summed E-state index contributed by atoms with van der Waals surface area (Å²) in [6, 6.07) is 5.55. The zero-order valence-electron chi connectivity index (χ0n) is 9.85. The largest absolute Gasteiger partial charge is 0.573 e. The van der Waals surface area contributed by atoms with Crippen molar-refractivity contribution in [3.05, 3.63) is 24.3 Å². The van der Waals surface area contributed by atoms with Crippen LogP contribution in [0.2, 0.25) is 0 Å². The van der Waals surface area contributed by atoms with Crippen LogP contribution in [0.1, 0.15) is 6.42 Å². The SMILES string of the molecule is O=C(O)C1CCN(c2cccc(OC(F)(F)F)c2)C1. The Labute approximate surface area is 107 Å². The summed E-state index contributed by atoms with van der Waals surface area (Å²) in [6.07, 6.45) is -4.24. The van der Waals surface area contributed by atoms with Crippen LogP contribution in [0, 0.1) is 5.92 Å². The van der Waals surface area contributed by atoms with Crippen LogP contribution in [0.15, 0.2) is 24.3 Å². The number of hydrogen-bond acceptors (Lipinski definition) is 3. The van der Waals surface area contributed by atoms with Gasteiger partial charge in [0.15, 0.2) is 0 Å². The number of ether oxygens (including phenoxy) is 1. The van der Waals surface area contributed by atoms with E-state index in [4.69, 9.17) is 5.11 Å². The molecule has 0 bridgehead atoms. The molecule has 1 unspecified atom stereocenters. The molecule has 0 aliphatic carbocycles. The van der Waals surface area contributed by atoms with Crippen molar-refractivity contribution in [3.63, 3.8) is 0 Å². The third-order valence-electron chi connectivity index (χ3n) is 2.95. The fourth-order valence-corrected chi connectivity index (χ4v) is 2.07. The Hall–Kier alpha value is -1.92. The van der Waals surface area contributed by atoms with Crippen molar-refractivity contribution >= 4 is 11.7 Å². The standard InChI is InChI=1S/C12H12F3NO3/c13-12(14,15)19-10-3-1-2-9(6-10)16-5-4-8(7-16)11(17)18/h1-3,6,8H,4-5,7H2,(H,17,18). The second kappa shape index (κ2) is 4.99. The summed E-state index contributed by atoms with van der Waals surface area (Å²) in [5.74, 6) is -1.67. The van der Waals surface area contributed by atoms with Crippen molar-refractivity contribution in [3.8, 4) is 5.75 Å². The Morgan fingerprint density at radius 3 is 2.74 bits per heavy atom. The number of alkyl halides is 3. The first-order chi connectivity index (χ1) is 8.85. The summed E-state index contributed by atoms with van der Waals surface area (Å²) in [4.78, 5) is 12.6. The van der Waals surface area contributed by atoms with E-state index < -0.39 is 18.2 Å². The van der Waals surface area contributed by atoms with Crippen molar-refractivity contribution in [1.29, 1.82) is 0 Å². The van der Waals surface area contributed by atoms with Gasteiger partial charge >= 0.3 is 12.3 Å². The predicted octanol–water partition coefficient (Wildman–Crippen LogP) is 2.50. The van der Waals surface area contributed by atoms with Gasteiger partial charge in [-0.2, -0.15) is 0 Å². The number of anilines is 1. The number of aliphatic carboxylic acids is 1. The molecule has 1 N–H and O–H groups in total. The van der Waals surface area contributed by atoms with Crippen molar-refractivity contribution in [2.75, 3.05) is 18.0 Å². The zero-order chi connectivity index (χ0) is 14.0. The second-order valence-electron chi connectivity index (χ2n) is 4.32. The first-order valence-electron chi connectivity index (χ1n) is 5.69. The molecule has 1 fully saturated rings. The fourth-order valence-electron chi connectivity index (χ4n) is 2.07. The topological polar surface area (TPSA) is 49.8 Å². The van der Waals surface area contributed by atoms with Gasteiger partial charge in [0.1, 0.15) is 5.75 Å². The van der Waals surface area contributed by atoms with Crippen LogP contribution in [0.4, 0.5) is 18.9 Å². The molecule has 1 aromatic rings. The highest BCUT2D eigenvalue weighted by molar-refractivity contribution is 5.72. The average Bonchev–Trinajstić information content (AvgIpc) is 2.76. The Kier molecular flexibility index (Phi) is 3.55. The van der Waals surface area contributed by atoms with E-state index in [1.807, 2.05) is 0 Å². The summed E-state index contributed by atoms with van der Waals surface area (Å²) in [5.41, 5.74) is 0.533. The first-order valence-corrected chi connectivity index (χ1v) is 5.69. The molecule has 1 aliphatic rings. The lowest BCUT2D eigenvalue weighted by Gasteiger charge is -2.19. The van der Waals surface area contributed by atoms with Crippen molar-refractivity contribution in [2.45, 2.75) is 12.8 Å². The lowest BCUT2D eigenvalue weighted by molar-refractivity contribution is -0.274. The molecule has 19 heavy (non-hydrogen) atoms. The summed E-state index contributed by atoms with van der Waals surface area (Å²) < 4.78 is 40.1. The molecule has 7 heteroatoms. The first kappa shape index (κ1) is 13.5. The summed E-state index contributed by atoms with van der Waals surface area (Å²) >= 11 is 0.